The van der Waals surface area contributed by atoms with E-state index in [1.54, 1.807) is 0 Å². The second-order valence-corrected chi connectivity index (χ2v) is 5.45. The van der Waals surface area contributed by atoms with Crippen molar-refractivity contribution >= 4 is 5.91 Å². The number of hydrogen-bond donors (Lipinski definition) is 2. The quantitative estimate of drug-likeness (QED) is 0.641. The number of carbonyl (C=O) groups excluding carboxylic acids is 1. The normalized spacial score (nSPS) is 17.9. The molecule has 0 bridgehead atoms. The lowest BCUT2D eigenvalue weighted by Gasteiger charge is -2.29. The van der Waals surface area contributed by atoms with E-state index in [0.29, 0.717) is 13.0 Å². The average Bonchev–Trinajstić information content (AvgIpc) is 2.36. The molecule has 5 heteroatoms. The maximum atomic E-state index is 11.5. The van der Waals surface area contributed by atoms with E-state index in [2.05, 4.69) is 10.2 Å². The van der Waals surface area contributed by atoms with Crippen molar-refractivity contribution in [2.45, 2.75) is 51.7 Å². The number of ether oxygens (including phenoxy) is 1. The predicted octanol–water partition coefficient (Wildman–Crippen LogP) is 0.765. The average molecular weight is 272 g/mol. The fourth-order valence-electron chi connectivity index (χ4n) is 2.15. The summed E-state index contributed by atoms with van der Waals surface area (Å²) < 4.78 is 5.33. The van der Waals surface area contributed by atoms with Crippen molar-refractivity contribution < 1.29 is 14.6 Å². The lowest BCUT2D eigenvalue weighted by Crippen LogP contribution is -2.37. The molecular weight excluding hydrogens is 244 g/mol. The van der Waals surface area contributed by atoms with Gasteiger partial charge in [-0.1, -0.05) is 0 Å². The third-order valence-corrected chi connectivity index (χ3v) is 3.31. The fourth-order valence-corrected chi connectivity index (χ4v) is 2.15. The summed E-state index contributed by atoms with van der Waals surface area (Å²) in [6.07, 6.45) is 3.22. The molecule has 0 saturated carbocycles. The Morgan fingerprint density at radius 3 is 2.74 bits per heavy atom. The highest BCUT2D eigenvalue weighted by molar-refractivity contribution is 5.75. The van der Waals surface area contributed by atoms with Gasteiger partial charge >= 0.3 is 0 Å². The second kappa shape index (κ2) is 9.28. The first-order chi connectivity index (χ1) is 9.08. The summed E-state index contributed by atoms with van der Waals surface area (Å²) in [6.45, 7) is 8.08. The van der Waals surface area contributed by atoms with Gasteiger partial charge < -0.3 is 20.1 Å². The van der Waals surface area contributed by atoms with Crippen LogP contribution >= 0.6 is 0 Å². The molecule has 112 valence electrons. The van der Waals surface area contributed by atoms with Crippen LogP contribution in [0.15, 0.2) is 0 Å². The lowest BCUT2D eigenvalue weighted by atomic mass is 10.1. The smallest absolute Gasteiger partial charge is 0.222 e. The van der Waals surface area contributed by atoms with Gasteiger partial charge in [0.05, 0.1) is 18.8 Å². The van der Waals surface area contributed by atoms with E-state index in [1.807, 2.05) is 13.8 Å². The first-order valence-electron chi connectivity index (χ1n) is 7.36. The summed E-state index contributed by atoms with van der Waals surface area (Å²) >= 11 is 0. The van der Waals surface area contributed by atoms with Gasteiger partial charge in [0, 0.05) is 26.1 Å². The monoisotopic (exact) mass is 272 g/mol. The van der Waals surface area contributed by atoms with Crippen LogP contribution in [0.25, 0.3) is 0 Å². The second-order valence-electron chi connectivity index (χ2n) is 5.45. The highest BCUT2D eigenvalue weighted by Crippen LogP contribution is 2.09. The van der Waals surface area contributed by atoms with Crippen LogP contribution in [-0.2, 0) is 9.53 Å². The molecule has 5 nitrogen and oxygen atoms in total. The number of aliphatic hydroxyl groups is 1. The minimum absolute atomic E-state index is 0.0646. The third kappa shape index (κ3) is 8.18. The van der Waals surface area contributed by atoms with Gasteiger partial charge in [-0.3, -0.25) is 4.79 Å². The summed E-state index contributed by atoms with van der Waals surface area (Å²) in [5, 5.41) is 12.3. The first kappa shape index (κ1) is 16.4. The van der Waals surface area contributed by atoms with Crippen molar-refractivity contribution in [1.82, 2.24) is 10.2 Å². The Balaban J connectivity index is 1.94. The van der Waals surface area contributed by atoms with Gasteiger partial charge in [-0.05, 0) is 39.7 Å². The Hall–Kier alpha value is -0.650. The van der Waals surface area contributed by atoms with E-state index in [4.69, 9.17) is 4.74 Å². The molecule has 0 aromatic heterocycles. The number of aliphatic hydroxyl groups excluding tert-OH is 1. The van der Waals surface area contributed by atoms with E-state index in [1.165, 1.54) is 0 Å². The van der Waals surface area contributed by atoms with Gasteiger partial charge in [-0.2, -0.15) is 0 Å². The Labute approximate surface area is 116 Å². The molecule has 1 heterocycles. The van der Waals surface area contributed by atoms with Gasteiger partial charge in [0.25, 0.3) is 0 Å². The lowest BCUT2D eigenvalue weighted by molar-refractivity contribution is -0.122. The van der Waals surface area contributed by atoms with Crippen LogP contribution in [0.5, 0.6) is 0 Å². The Morgan fingerprint density at radius 1 is 1.42 bits per heavy atom. The zero-order valence-corrected chi connectivity index (χ0v) is 12.2. The summed E-state index contributed by atoms with van der Waals surface area (Å²) in [7, 11) is 0. The summed E-state index contributed by atoms with van der Waals surface area (Å²) in [4.78, 5) is 13.8. The highest BCUT2D eigenvalue weighted by atomic mass is 16.5. The van der Waals surface area contributed by atoms with Crippen LogP contribution in [0.3, 0.4) is 0 Å². The number of likely N-dealkylation sites (tertiary alicyclic amines) is 1. The van der Waals surface area contributed by atoms with Crippen molar-refractivity contribution in [1.29, 1.82) is 0 Å². The van der Waals surface area contributed by atoms with Crippen LogP contribution in [0.1, 0.15) is 39.5 Å². The number of piperidine rings is 1. The van der Waals surface area contributed by atoms with Crippen molar-refractivity contribution in [2.75, 3.05) is 32.8 Å². The molecule has 0 spiro atoms. The molecule has 19 heavy (non-hydrogen) atoms. The van der Waals surface area contributed by atoms with Crippen LogP contribution in [0, 0.1) is 0 Å². The Kier molecular flexibility index (Phi) is 8.02. The summed E-state index contributed by atoms with van der Waals surface area (Å²) in [6, 6.07) is 0. The van der Waals surface area contributed by atoms with Gasteiger partial charge in [0.1, 0.15) is 0 Å². The molecule has 0 aliphatic carbocycles. The molecule has 0 atom stereocenters. The Bertz CT molecular complexity index is 251. The van der Waals surface area contributed by atoms with Crippen LogP contribution in [0.4, 0.5) is 0 Å². The largest absolute Gasteiger partial charge is 0.393 e. The topological polar surface area (TPSA) is 61.8 Å². The first-order valence-corrected chi connectivity index (χ1v) is 7.36. The molecule has 1 fully saturated rings. The molecule has 1 aliphatic rings. The molecule has 1 aliphatic heterocycles. The van der Waals surface area contributed by atoms with Crippen molar-refractivity contribution in [3.05, 3.63) is 0 Å². The molecule has 0 radical (unpaired) electrons. The number of carbonyl (C=O) groups is 1. The van der Waals surface area contributed by atoms with Gasteiger partial charge in [-0.25, -0.2) is 0 Å². The molecule has 0 aromatic carbocycles. The Morgan fingerprint density at radius 2 is 2.11 bits per heavy atom. The maximum Gasteiger partial charge on any atom is 0.222 e. The van der Waals surface area contributed by atoms with E-state index in [9.17, 15) is 9.90 Å². The van der Waals surface area contributed by atoms with Crippen LogP contribution in [0.2, 0.25) is 0 Å². The number of rotatable bonds is 8. The highest BCUT2D eigenvalue weighted by Gasteiger charge is 2.16. The summed E-state index contributed by atoms with van der Waals surface area (Å²) in [5.74, 6) is 0.0646. The van der Waals surface area contributed by atoms with Crippen molar-refractivity contribution in [3.63, 3.8) is 0 Å². The minimum Gasteiger partial charge on any atom is -0.393 e. The van der Waals surface area contributed by atoms with Crippen molar-refractivity contribution in [3.8, 4) is 0 Å². The predicted molar refractivity (Wildman–Crippen MR) is 75.0 cm³/mol. The maximum absolute atomic E-state index is 11.5. The van der Waals surface area contributed by atoms with Crippen LogP contribution in [-0.4, -0.2) is 60.9 Å². The molecule has 1 saturated heterocycles. The third-order valence-electron chi connectivity index (χ3n) is 3.31. The number of nitrogens with zero attached hydrogens (tertiary/aromatic N) is 1. The molecule has 1 rings (SSSR count). The molecule has 0 aromatic rings. The van der Waals surface area contributed by atoms with Gasteiger partial charge in [-0.15, -0.1) is 0 Å². The fraction of sp³-hybridized carbons (Fsp3) is 0.929. The van der Waals surface area contributed by atoms with Crippen molar-refractivity contribution in [2.24, 2.45) is 0 Å². The molecule has 1 amide bonds. The van der Waals surface area contributed by atoms with E-state index < -0.39 is 0 Å². The minimum atomic E-state index is -0.114. The van der Waals surface area contributed by atoms with Crippen LogP contribution < -0.4 is 5.32 Å². The standard InChI is InChI=1S/C14H28N2O3/c1-12(2)19-11-6-14(18)15-7-3-8-16-9-4-13(17)5-10-16/h12-13,17H,3-11H2,1-2H3,(H,15,18). The van der Waals surface area contributed by atoms with E-state index in [-0.39, 0.29) is 18.1 Å². The van der Waals surface area contributed by atoms with E-state index in [0.717, 1.165) is 45.4 Å². The van der Waals surface area contributed by atoms with E-state index >= 15 is 0 Å². The molecule has 2 N–H and O–H groups in total. The molecular formula is C14H28N2O3. The zero-order valence-electron chi connectivity index (χ0n) is 12.2. The number of hydrogen-bond acceptors (Lipinski definition) is 4. The number of nitrogens with one attached hydrogen (secondary N) is 1. The SMILES string of the molecule is CC(C)OCCC(=O)NCCCN1CCC(O)CC1. The zero-order chi connectivity index (χ0) is 14.1. The summed E-state index contributed by atoms with van der Waals surface area (Å²) in [5.41, 5.74) is 0. The van der Waals surface area contributed by atoms with Gasteiger partial charge in [0.2, 0.25) is 5.91 Å². The van der Waals surface area contributed by atoms with Gasteiger partial charge in [0.15, 0.2) is 0 Å². The number of amides is 1. The molecule has 0 unspecified atom stereocenters.